The zero-order chi connectivity index (χ0) is 30.1. The van der Waals surface area contributed by atoms with Crippen LogP contribution in [0.15, 0.2) is 48.5 Å². The standard InChI is InChI=1S/C30H36F3N3O6/c31-30(32,33)13-11-29(40)36-15-12-26-25(18-36)34-27(38)19-35(14-2-16-37)28(39)10-7-21-5-8-23(9-6-21)42-24-4-1-3-22(17-24)20-41-26/h1,3-6,8-9,17,25-26,37H,2,7,10-16,18-20H2,(H,34,38)/t25-,26-/m0/s1. The van der Waals surface area contributed by atoms with Gasteiger partial charge < -0.3 is 29.7 Å². The summed E-state index contributed by atoms with van der Waals surface area (Å²) in [6.45, 7) is 0.108. The Kier molecular flexibility index (Phi) is 10.8. The highest BCUT2D eigenvalue weighted by Crippen LogP contribution is 2.26. The molecule has 0 aliphatic carbocycles. The average Bonchev–Trinajstić information content (AvgIpc) is 2.96. The van der Waals surface area contributed by atoms with Crippen molar-refractivity contribution in [2.75, 3.05) is 32.8 Å². The minimum absolute atomic E-state index is 0.0190. The second-order valence-electron chi connectivity index (χ2n) is 10.6. The predicted octanol–water partition coefficient (Wildman–Crippen LogP) is 3.58. The van der Waals surface area contributed by atoms with Crippen LogP contribution in [0.1, 0.15) is 43.2 Å². The highest BCUT2D eigenvalue weighted by atomic mass is 19.4. The van der Waals surface area contributed by atoms with Crippen LogP contribution >= 0.6 is 0 Å². The molecule has 1 fully saturated rings. The van der Waals surface area contributed by atoms with Crippen molar-refractivity contribution in [2.24, 2.45) is 0 Å². The van der Waals surface area contributed by atoms with E-state index in [2.05, 4.69) is 5.32 Å². The first kappa shape index (κ1) is 31.3. The minimum Gasteiger partial charge on any atom is -0.457 e. The summed E-state index contributed by atoms with van der Waals surface area (Å²) in [5.74, 6) is -0.156. The molecule has 9 nitrogen and oxygen atoms in total. The number of alkyl halides is 3. The molecule has 2 aromatic carbocycles. The number of carbonyl (C=O) groups is 3. The molecule has 3 heterocycles. The van der Waals surface area contributed by atoms with Crippen molar-refractivity contribution in [3.05, 3.63) is 59.7 Å². The Morgan fingerprint density at radius 3 is 2.57 bits per heavy atom. The molecule has 0 spiro atoms. The molecule has 0 radical (unpaired) electrons. The molecule has 4 bridgehead atoms. The van der Waals surface area contributed by atoms with E-state index in [0.29, 0.717) is 30.8 Å². The number of nitrogens with one attached hydrogen (secondary N) is 1. The first-order valence-electron chi connectivity index (χ1n) is 14.1. The molecule has 3 amide bonds. The highest BCUT2D eigenvalue weighted by molar-refractivity contribution is 5.85. The lowest BCUT2D eigenvalue weighted by Crippen LogP contribution is -2.58. The lowest BCUT2D eigenvalue weighted by atomic mass is 10.0. The van der Waals surface area contributed by atoms with E-state index in [-0.39, 0.29) is 51.7 Å². The van der Waals surface area contributed by atoms with Gasteiger partial charge in [-0.3, -0.25) is 14.4 Å². The third kappa shape index (κ3) is 9.45. The number of hydrogen-bond acceptors (Lipinski definition) is 6. The van der Waals surface area contributed by atoms with Crippen LogP contribution in [0.5, 0.6) is 11.5 Å². The smallest absolute Gasteiger partial charge is 0.389 e. The molecular weight excluding hydrogens is 555 g/mol. The van der Waals surface area contributed by atoms with Crippen molar-refractivity contribution in [1.29, 1.82) is 0 Å². The molecule has 2 atom stereocenters. The fourth-order valence-electron chi connectivity index (χ4n) is 5.05. The molecule has 0 unspecified atom stereocenters. The van der Waals surface area contributed by atoms with Gasteiger partial charge in [0.25, 0.3) is 0 Å². The van der Waals surface area contributed by atoms with Crippen LogP contribution in [0, 0.1) is 0 Å². The number of likely N-dealkylation sites (tertiary alicyclic amines) is 1. The number of rotatable bonds is 5. The van der Waals surface area contributed by atoms with E-state index in [9.17, 15) is 32.7 Å². The normalized spacial score (nSPS) is 20.6. The second kappa shape index (κ2) is 14.5. The van der Waals surface area contributed by atoms with Gasteiger partial charge in [0.1, 0.15) is 11.5 Å². The van der Waals surface area contributed by atoms with E-state index in [1.807, 2.05) is 48.5 Å². The van der Waals surface area contributed by atoms with Crippen molar-refractivity contribution in [2.45, 2.75) is 63.5 Å². The van der Waals surface area contributed by atoms with Crippen LogP contribution in [0.2, 0.25) is 0 Å². The molecule has 3 aliphatic rings. The summed E-state index contributed by atoms with van der Waals surface area (Å²) in [6, 6.07) is 14.0. The van der Waals surface area contributed by atoms with Crippen molar-refractivity contribution >= 4 is 17.7 Å². The number of hydrogen-bond donors (Lipinski definition) is 2. The van der Waals surface area contributed by atoms with Crippen molar-refractivity contribution in [3.63, 3.8) is 0 Å². The van der Waals surface area contributed by atoms with E-state index in [1.54, 1.807) is 0 Å². The van der Waals surface area contributed by atoms with E-state index >= 15 is 0 Å². The van der Waals surface area contributed by atoms with Crippen LogP contribution in [0.25, 0.3) is 0 Å². The number of carbonyl (C=O) groups excluding carboxylic acids is 3. The van der Waals surface area contributed by atoms with Gasteiger partial charge in [0.2, 0.25) is 17.7 Å². The number of aliphatic hydroxyl groups is 1. The van der Waals surface area contributed by atoms with E-state index in [4.69, 9.17) is 9.47 Å². The first-order valence-corrected chi connectivity index (χ1v) is 14.1. The summed E-state index contributed by atoms with van der Waals surface area (Å²) in [5, 5.41) is 12.2. The number of halogens is 3. The van der Waals surface area contributed by atoms with Gasteiger partial charge in [0.15, 0.2) is 0 Å². The molecule has 0 aromatic heterocycles. The SMILES string of the molecule is O=C1CN(CCCO)C(=O)CCc2ccc(cc2)Oc2cccc(c2)CO[C@H]2CCN(C(=O)CCC(F)(F)F)C[C@@H]2N1. The molecule has 3 aliphatic heterocycles. The third-order valence-corrected chi connectivity index (χ3v) is 7.29. The fourth-order valence-corrected chi connectivity index (χ4v) is 5.05. The Hall–Kier alpha value is -3.64. The Balaban J connectivity index is 1.55. The Labute approximate surface area is 242 Å². The summed E-state index contributed by atoms with van der Waals surface area (Å²) in [4.78, 5) is 41.5. The van der Waals surface area contributed by atoms with Gasteiger partial charge in [-0.1, -0.05) is 24.3 Å². The molecule has 2 N–H and O–H groups in total. The summed E-state index contributed by atoms with van der Waals surface area (Å²) >= 11 is 0. The van der Waals surface area contributed by atoms with E-state index < -0.39 is 43.0 Å². The summed E-state index contributed by atoms with van der Waals surface area (Å²) in [6.07, 6.45) is -5.68. The van der Waals surface area contributed by atoms with Gasteiger partial charge in [0, 0.05) is 39.1 Å². The zero-order valence-electron chi connectivity index (χ0n) is 23.3. The van der Waals surface area contributed by atoms with Gasteiger partial charge in [-0.15, -0.1) is 0 Å². The summed E-state index contributed by atoms with van der Waals surface area (Å²) in [5.41, 5.74) is 1.74. The molecule has 5 rings (SSSR count). The average molecular weight is 592 g/mol. The zero-order valence-corrected chi connectivity index (χ0v) is 23.3. The lowest BCUT2D eigenvalue weighted by Gasteiger charge is -2.39. The van der Waals surface area contributed by atoms with Gasteiger partial charge in [-0.2, -0.15) is 13.2 Å². The number of benzene rings is 2. The second-order valence-corrected chi connectivity index (χ2v) is 10.6. The topological polar surface area (TPSA) is 108 Å². The van der Waals surface area contributed by atoms with Crippen molar-refractivity contribution in [1.82, 2.24) is 15.1 Å². The van der Waals surface area contributed by atoms with Crippen LogP contribution in [-0.4, -0.2) is 83.7 Å². The number of fused-ring (bicyclic) bond motifs is 9. The molecular formula is C30H36F3N3O6. The number of piperidine rings is 1. The molecule has 42 heavy (non-hydrogen) atoms. The number of aliphatic hydroxyl groups excluding tert-OH is 1. The molecule has 0 saturated carbocycles. The number of ether oxygens (including phenoxy) is 2. The van der Waals surface area contributed by atoms with Gasteiger partial charge in [-0.05, 0) is 54.7 Å². The Morgan fingerprint density at radius 2 is 1.83 bits per heavy atom. The van der Waals surface area contributed by atoms with Gasteiger partial charge >= 0.3 is 6.18 Å². The van der Waals surface area contributed by atoms with E-state index in [1.165, 1.54) is 9.80 Å². The summed E-state index contributed by atoms with van der Waals surface area (Å²) < 4.78 is 50.3. The lowest BCUT2D eigenvalue weighted by molar-refractivity contribution is -0.151. The molecule has 228 valence electrons. The first-order chi connectivity index (χ1) is 20.1. The van der Waals surface area contributed by atoms with Gasteiger partial charge in [-0.25, -0.2) is 0 Å². The van der Waals surface area contributed by atoms with Crippen LogP contribution in [0.4, 0.5) is 13.2 Å². The fraction of sp³-hybridized carbons (Fsp3) is 0.500. The Bertz CT molecular complexity index is 1220. The number of aryl methyl sites for hydroxylation is 1. The highest BCUT2D eigenvalue weighted by Gasteiger charge is 2.35. The van der Waals surface area contributed by atoms with E-state index in [0.717, 1.165) is 11.1 Å². The molecule has 12 heteroatoms. The maximum atomic E-state index is 13.2. The minimum atomic E-state index is -4.45. The maximum Gasteiger partial charge on any atom is 0.389 e. The Morgan fingerprint density at radius 1 is 1.05 bits per heavy atom. The molecule has 1 saturated heterocycles. The number of amides is 3. The van der Waals surface area contributed by atoms with Gasteiger partial charge in [0.05, 0.1) is 31.7 Å². The van der Waals surface area contributed by atoms with Crippen LogP contribution in [-0.2, 0) is 32.1 Å². The monoisotopic (exact) mass is 591 g/mol. The quantitative estimate of drug-likeness (QED) is 0.551. The molecule has 2 aromatic rings. The maximum absolute atomic E-state index is 13.2. The summed E-state index contributed by atoms with van der Waals surface area (Å²) in [7, 11) is 0. The van der Waals surface area contributed by atoms with Crippen LogP contribution in [0.3, 0.4) is 0 Å². The predicted molar refractivity (Wildman–Crippen MR) is 147 cm³/mol. The van der Waals surface area contributed by atoms with Crippen LogP contribution < -0.4 is 10.1 Å². The largest absolute Gasteiger partial charge is 0.457 e. The third-order valence-electron chi connectivity index (χ3n) is 7.29. The van der Waals surface area contributed by atoms with Crippen molar-refractivity contribution in [3.8, 4) is 11.5 Å². The number of nitrogens with zero attached hydrogens (tertiary/aromatic N) is 2. The van der Waals surface area contributed by atoms with Crippen molar-refractivity contribution < 1.29 is 42.1 Å².